The third-order valence-electron chi connectivity index (χ3n) is 6.15. The van der Waals surface area contributed by atoms with Crippen molar-refractivity contribution in [2.75, 3.05) is 14.1 Å². The minimum atomic E-state index is -0.414. The molecule has 1 atom stereocenters. The van der Waals surface area contributed by atoms with E-state index in [9.17, 15) is 14.9 Å². The van der Waals surface area contributed by atoms with Gasteiger partial charge >= 0.3 is 0 Å². The topological polar surface area (TPSA) is 81.3 Å². The van der Waals surface area contributed by atoms with Crippen LogP contribution in [0.5, 0.6) is 0 Å². The zero-order valence-corrected chi connectivity index (χ0v) is 20.3. The Morgan fingerprint density at radius 3 is 2.43 bits per heavy atom. The number of rotatable bonds is 7. The predicted octanol–water partition coefficient (Wildman–Crippen LogP) is 6.01. The van der Waals surface area contributed by atoms with Gasteiger partial charge in [0.1, 0.15) is 0 Å². The summed E-state index contributed by atoms with van der Waals surface area (Å²) in [5.41, 5.74) is 2.61. The highest BCUT2D eigenvalue weighted by atomic mass is 16.6. The molecular formula is C28H28N4O3. The molecule has 3 aromatic carbocycles. The lowest BCUT2D eigenvalue weighted by molar-refractivity contribution is -0.384. The summed E-state index contributed by atoms with van der Waals surface area (Å²) < 4.78 is 1.48. The zero-order chi connectivity index (χ0) is 25.1. The SMILES string of the molecule is CCC(C)c1ccc(-n2c(-c3cccc(/C=C/N(C)C)c3[N+](=O)[O-])nc3ccccc3c2=O)cc1. The Morgan fingerprint density at radius 1 is 1.06 bits per heavy atom. The van der Waals surface area contributed by atoms with Crippen molar-refractivity contribution in [1.82, 2.24) is 14.5 Å². The molecule has 4 rings (SSSR count). The number of hydrogen-bond acceptors (Lipinski definition) is 5. The molecule has 7 heteroatoms. The Balaban J connectivity index is 2.04. The highest BCUT2D eigenvalue weighted by Gasteiger charge is 2.25. The van der Waals surface area contributed by atoms with Crippen LogP contribution >= 0.6 is 0 Å². The minimum absolute atomic E-state index is 0.0993. The van der Waals surface area contributed by atoms with Crippen molar-refractivity contribution in [3.63, 3.8) is 0 Å². The molecule has 0 bridgehead atoms. The maximum Gasteiger partial charge on any atom is 0.287 e. The second-order valence-electron chi connectivity index (χ2n) is 8.77. The van der Waals surface area contributed by atoms with Crippen molar-refractivity contribution < 1.29 is 4.92 Å². The molecule has 35 heavy (non-hydrogen) atoms. The summed E-state index contributed by atoms with van der Waals surface area (Å²) in [4.78, 5) is 32.1. The second-order valence-corrected chi connectivity index (χ2v) is 8.77. The van der Waals surface area contributed by atoms with Crippen LogP contribution in [0.3, 0.4) is 0 Å². The molecule has 178 valence electrons. The van der Waals surface area contributed by atoms with E-state index >= 15 is 0 Å². The average Bonchev–Trinajstić information content (AvgIpc) is 2.86. The molecule has 0 aliphatic heterocycles. The van der Waals surface area contributed by atoms with E-state index in [4.69, 9.17) is 4.98 Å². The predicted molar refractivity (Wildman–Crippen MR) is 141 cm³/mol. The van der Waals surface area contributed by atoms with Gasteiger partial charge in [-0.1, -0.05) is 44.2 Å². The standard InChI is InChI=1S/C28H28N4O3/c1-5-19(2)20-13-15-22(16-14-20)31-27(29-25-12-7-6-10-23(25)28(31)33)24-11-8-9-21(17-18-30(3)4)26(24)32(34)35/h6-19H,5H2,1-4H3/b18-17+. The van der Waals surface area contributed by atoms with Crippen molar-refractivity contribution in [2.24, 2.45) is 0 Å². The fraction of sp³-hybridized carbons (Fsp3) is 0.214. The van der Waals surface area contributed by atoms with Crippen LogP contribution in [0.1, 0.15) is 37.3 Å². The van der Waals surface area contributed by atoms with Crippen molar-refractivity contribution >= 4 is 22.7 Å². The quantitative estimate of drug-likeness (QED) is 0.245. The fourth-order valence-electron chi connectivity index (χ4n) is 4.05. The molecule has 0 fully saturated rings. The summed E-state index contributed by atoms with van der Waals surface area (Å²) in [6.07, 6.45) is 4.44. The van der Waals surface area contributed by atoms with Crippen molar-refractivity contribution in [3.05, 3.63) is 105 Å². The molecule has 1 heterocycles. The summed E-state index contributed by atoms with van der Waals surface area (Å²) in [7, 11) is 3.69. The van der Waals surface area contributed by atoms with Crippen LogP contribution in [0.4, 0.5) is 5.69 Å². The van der Waals surface area contributed by atoms with Gasteiger partial charge < -0.3 is 4.90 Å². The number of nitrogens with zero attached hydrogens (tertiary/aromatic N) is 4. The lowest BCUT2D eigenvalue weighted by Gasteiger charge is -2.16. The van der Waals surface area contributed by atoms with Gasteiger partial charge in [-0.2, -0.15) is 0 Å². The van der Waals surface area contributed by atoms with E-state index in [-0.39, 0.29) is 22.6 Å². The molecule has 0 aliphatic rings. The van der Waals surface area contributed by atoms with Crippen LogP contribution in [0.25, 0.3) is 34.1 Å². The number of fused-ring (bicyclic) bond motifs is 1. The maximum absolute atomic E-state index is 13.7. The largest absolute Gasteiger partial charge is 0.383 e. The van der Waals surface area contributed by atoms with Crippen LogP contribution in [0.2, 0.25) is 0 Å². The lowest BCUT2D eigenvalue weighted by Crippen LogP contribution is -2.22. The van der Waals surface area contributed by atoms with Crippen LogP contribution in [-0.2, 0) is 0 Å². The Hall–Kier alpha value is -4.26. The number of benzene rings is 3. The van der Waals surface area contributed by atoms with Crippen molar-refractivity contribution in [2.45, 2.75) is 26.2 Å². The van der Waals surface area contributed by atoms with Gasteiger partial charge in [-0.05, 0) is 66.6 Å². The van der Waals surface area contributed by atoms with E-state index in [1.54, 1.807) is 59.6 Å². The van der Waals surface area contributed by atoms with E-state index in [2.05, 4.69) is 13.8 Å². The smallest absolute Gasteiger partial charge is 0.287 e. The van der Waals surface area contributed by atoms with Gasteiger partial charge in [-0.15, -0.1) is 0 Å². The van der Waals surface area contributed by atoms with Gasteiger partial charge in [0, 0.05) is 14.1 Å². The Kier molecular flexibility index (Phi) is 6.78. The number of nitro groups is 1. The van der Waals surface area contributed by atoms with Gasteiger partial charge in [0.2, 0.25) is 0 Å². The second kappa shape index (κ2) is 9.93. The molecule has 0 spiro atoms. The molecule has 0 amide bonds. The first-order valence-electron chi connectivity index (χ1n) is 11.6. The van der Waals surface area contributed by atoms with E-state index < -0.39 is 4.92 Å². The Labute approximate surface area is 204 Å². The first-order chi connectivity index (χ1) is 16.8. The third kappa shape index (κ3) is 4.71. The van der Waals surface area contributed by atoms with Gasteiger partial charge in [0.15, 0.2) is 5.82 Å². The number of hydrogen-bond donors (Lipinski definition) is 0. The zero-order valence-electron chi connectivity index (χ0n) is 20.3. The molecule has 7 nitrogen and oxygen atoms in total. The molecule has 0 saturated heterocycles. The minimum Gasteiger partial charge on any atom is -0.383 e. The number of aromatic nitrogens is 2. The van der Waals surface area contributed by atoms with E-state index in [0.29, 0.717) is 28.1 Å². The van der Waals surface area contributed by atoms with Crippen LogP contribution < -0.4 is 5.56 Å². The molecular weight excluding hydrogens is 440 g/mol. The van der Waals surface area contributed by atoms with E-state index in [1.807, 2.05) is 38.4 Å². The van der Waals surface area contributed by atoms with Crippen LogP contribution in [0.15, 0.2) is 77.7 Å². The first-order valence-corrected chi connectivity index (χ1v) is 11.6. The lowest BCUT2D eigenvalue weighted by atomic mass is 9.98. The first kappa shape index (κ1) is 23.9. The molecule has 0 radical (unpaired) electrons. The fourth-order valence-corrected chi connectivity index (χ4v) is 4.05. The Morgan fingerprint density at radius 2 is 1.77 bits per heavy atom. The highest BCUT2D eigenvalue weighted by molar-refractivity contribution is 5.84. The summed E-state index contributed by atoms with van der Waals surface area (Å²) in [6.45, 7) is 4.28. The van der Waals surface area contributed by atoms with E-state index in [1.165, 1.54) is 10.1 Å². The van der Waals surface area contributed by atoms with Crippen molar-refractivity contribution in [3.8, 4) is 17.1 Å². The summed E-state index contributed by atoms with van der Waals surface area (Å²) in [5.74, 6) is 0.619. The summed E-state index contributed by atoms with van der Waals surface area (Å²) in [6, 6.07) is 19.9. The van der Waals surface area contributed by atoms with Crippen molar-refractivity contribution in [1.29, 1.82) is 0 Å². The highest BCUT2D eigenvalue weighted by Crippen LogP contribution is 2.34. The van der Waals surface area contributed by atoms with Crippen LogP contribution in [-0.4, -0.2) is 33.5 Å². The molecule has 0 saturated carbocycles. The summed E-state index contributed by atoms with van der Waals surface area (Å²) >= 11 is 0. The average molecular weight is 469 g/mol. The van der Waals surface area contributed by atoms with Gasteiger partial charge in [0.05, 0.1) is 32.6 Å². The van der Waals surface area contributed by atoms with Gasteiger partial charge in [-0.3, -0.25) is 19.5 Å². The normalized spacial score (nSPS) is 12.2. The number of para-hydroxylation sites is 2. The third-order valence-corrected chi connectivity index (χ3v) is 6.15. The monoisotopic (exact) mass is 468 g/mol. The summed E-state index contributed by atoms with van der Waals surface area (Å²) in [5, 5.41) is 12.7. The van der Waals surface area contributed by atoms with Gasteiger partial charge in [-0.25, -0.2) is 4.98 Å². The molecule has 4 aromatic rings. The van der Waals surface area contributed by atoms with E-state index in [0.717, 1.165) is 6.42 Å². The molecule has 0 N–H and O–H groups in total. The molecule has 1 aromatic heterocycles. The maximum atomic E-state index is 13.7. The molecule has 0 aliphatic carbocycles. The Bertz CT molecular complexity index is 1470. The number of nitro benzene ring substituents is 1. The van der Waals surface area contributed by atoms with Crippen LogP contribution in [0, 0.1) is 10.1 Å². The molecule has 1 unspecified atom stereocenters. The van der Waals surface area contributed by atoms with Gasteiger partial charge in [0.25, 0.3) is 11.2 Å².